The molecule has 19 heavy (non-hydrogen) atoms. The van der Waals surface area contributed by atoms with Crippen molar-refractivity contribution in [1.82, 2.24) is 9.29 Å². The quantitative estimate of drug-likeness (QED) is 0.844. The number of nitrogens with zero attached hydrogens (tertiary/aromatic N) is 2. The predicted molar refractivity (Wildman–Crippen MR) is 75.6 cm³/mol. The Bertz CT molecular complexity index is 566. The maximum absolute atomic E-state index is 12.5. The van der Waals surface area contributed by atoms with Crippen LogP contribution >= 0.6 is 11.6 Å². The Morgan fingerprint density at radius 3 is 2.63 bits per heavy atom. The van der Waals surface area contributed by atoms with Crippen molar-refractivity contribution in [3.05, 3.63) is 23.5 Å². The third-order valence-corrected chi connectivity index (χ3v) is 6.06. The van der Waals surface area contributed by atoms with Crippen LogP contribution in [0.5, 0.6) is 0 Å². The van der Waals surface area contributed by atoms with Gasteiger partial charge in [0.25, 0.3) is 0 Å². The first-order valence-electron chi connectivity index (χ1n) is 6.32. The fraction of sp³-hybridized carbons (Fsp3) is 0.615. The van der Waals surface area contributed by atoms with Crippen molar-refractivity contribution in [2.24, 2.45) is 11.3 Å². The van der Waals surface area contributed by atoms with Gasteiger partial charge in [-0.05, 0) is 23.8 Å². The van der Waals surface area contributed by atoms with Crippen molar-refractivity contribution in [3.63, 3.8) is 0 Å². The third kappa shape index (κ3) is 2.93. The van der Waals surface area contributed by atoms with Crippen LogP contribution in [0.3, 0.4) is 0 Å². The first kappa shape index (κ1) is 14.8. The Balaban J connectivity index is 2.26. The van der Waals surface area contributed by atoms with Gasteiger partial charge in [0.1, 0.15) is 4.90 Å². The second kappa shape index (κ2) is 5.04. The average Bonchev–Trinajstić information content (AvgIpc) is 2.78. The summed E-state index contributed by atoms with van der Waals surface area (Å²) in [5.41, 5.74) is 0.114. The van der Waals surface area contributed by atoms with Gasteiger partial charge in [-0.25, -0.2) is 8.42 Å². The van der Waals surface area contributed by atoms with E-state index < -0.39 is 10.0 Å². The third-order valence-electron chi connectivity index (χ3n) is 3.73. The molecule has 0 radical (unpaired) electrons. The van der Waals surface area contributed by atoms with Gasteiger partial charge in [0.05, 0.1) is 5.02 Å². The molecule has 0 bridgehead atoms. The van der Waals surface area contributed by atoms with Gasteiger partial charge in [0.15, 0.2) is 0 Å². The Hall–Kier alpha value is -0.650. The van der Waals surface area contributed by atoms with E-state index >= 15 is 0 Å². The van der Waals surface area contributed by atoms with E-state index in [0.717, 1.165) is 6.42 Å². The van der Waals surface area contributed by atoms with Crippen LogP contribution in [0.4, 0.5) is 0 Å². The zero-order valence-corrected chi connectivity index (χ0v) is 13.0. The lowest BCUT2D eigenvalue weighted by atomic mass is 9.80. The summed E-state index contributed by atoms with van der Waals surface area (Å²) in [5.74, 6) is 0.373. The van der Waals surface area contributed by atoms with Gasteiger partial charge in [-0.3, -0.25) is 4.98 Å². The molecule has 0 amide bonds. The molecule has 0 saturated carbocycles. The molecule has 106 valence electrons. The van der Waals surface area contributed by atoms with Crippen LogP contribution < -0.4 is 0 Å². The molecule has 1 aliphatic rings. The molecule has 2 rings (SSSR count). The van der Waals surface area contributed by atoms with E-state index in [1.54, 1.807) is 0 Å². The van der Waals surface area contributed by atoms with Crippen molar-refractivity contribution >= 4 is 21.6 Å². The zero-order chi connectivity index (χ0) is 14.3. The summed E-state index contributed by atoms with van der Waals surface area (Å²) in [5, 5.41) is 0.231. The molecular weight excluding hydrogens is 284 g/mol. The van der Waals surface area contributed by atoms with E-state index in [0.29, 0.717) is 19.0 Å². The lowest BCUT2D eigenvalue weighted by Crippen LogP contribution is -2.31. The molecule has 1 aliphatic heterocycles. The Labute approximate surface area is 119 Å². The lowest BCUT2D eigenvalue weighted by Gasteiger charge is -2.26. The van der Waals surface area contributed by atoms with E-state index in [9.17, 15) is 8.42 Å². The standard InChI is InChI=1S/C13H19ClN2O2S/c1-13(2,3)10-5-7-16(9-10)19(17,18)12-8-15-6-4-11(12)14/h4,6,8,10H,5,7,9H2,1-3H3. The number of hydrogen-bond acceptors (Lipinski definition) is 3. The molecule has 1 saturated heterocycles. The van der Waals surface area contributed by atoms with E-state index in [1.807, 2.05) is 0 Å². The van der Waals surface area contributed by atoms with E-state index in [4.69, 9.17) is 11.6 Å². The summed E-state index contributed by atoms with van der Waals surface area (Å²) < 4.78 is 26.6. The summed E-state index contributed by atoms with van der Waals surface area (Å²) in [6.07, 6.45) is 3.70. The molecule has 1 fully saturated rings. The van der Waals surface area contributed by atoms with Crippen molar-refractivity contribution in [3.8, 4) is 0 Å². The van der Waals surface area contributed by atoms with Gasteiger partial charge in [0, 0.05) is 25.5 Å². The van der Waals surface area contributed by atoms with Crippen LogP contribution in [0.1, 0.15) is 27.2 Å². The largest absolute Gasteiger partial charge is 0.263 e. The Kier molecular flexibility index (Phi) is 3.91. The van der Waals surface area contributed by atoms with Crippen LogP contribution in [-0.4, -0.2) is 30.8 Å². The highest BCUT2D eigenvalue weighted by Gasteiger charge is 2.38. The summed E-state index contributed by atoms with van der Waals surface area (Å²) in [6.45, 7) is 7.53. The molecule has 1 unspecified atom stereocenters. The molecule has 6 heteroatoms. The maximum Gasteiger partial charge on any atom is 0.246 e. The lowest BCUT2D eigenvalue weighted by molar-refractivity contribution is 0.252. The Morgan fingerprint density at radius 2 is 2.11 bits per heavy atom. The molecule has 0 spiro atoms. The number of aromatic nitrogens is 1. The highest BCUT2D eigenvalue weighted by molar-refractivity contribution is 7.89. The van der Waals surface area contributed by atoms with Gasteiger partial charge < -0.3 is 0 Å². The van der Waals surface area contributed by atoms with Crippen LogP contribution in [0.15, 0.2) is 23.4 Å². The van der Waals surface area contributed by atoms with E-state index in [-0.39, 0.29) is 15.3 Å². The number of sulfonamides is 1. The molecule has 1 atom stereocenters. The van der Waals surface area contributed by atoms with Crippen molar-refractivity contribution < 1.29 is 8.42 Å². The smallest absolute Gasteiger partial charge is 0.246 e. The SMILES string of the molecule is CC(C)(C)C1CCN(S(=O)(=O)c2cnccc2Cl)C1. The molecular formula is C13H19ClN2O2S. The van der Waals surface area contributed by atoms with Crippen molar-refractivity contribution in [1.29, 1.82) is 0 Å². The second-order valence-corrected chi connectivity index (χ2v) is 8.33. The van der Waals surface area contributed by atoms with Gasteiger partial charge in [-0.1, -0.05) is 32.4 Å². The van der Waals surface area contributed by atoms with Gasteiger partial charge in [0.2, 0.25) is 10.0 Å². The molecule has 1 aromatic heterocycles. The van der Waals surface area contributed by atoms with E-state index in [1.165, 1.54) is 22.8 Å². The molecule has 0 N–H and O–H groups in total. The fourth-order valence-corrected chi connectivity index (χ4v) is 4.25. The number of halogens is 1. The summed E-state index contributed by atoms with van der Waals surface area (Å²) in [4.78, 5) is 3.96. The minimum atomic E-state index is -3.52. The minimum absolute atomic E-state index is 0.103. The first-order valence-corrected chi connectivity index (χ1v) is 8.14. The summed E-state index contributed by atoms with van der Waals surface area (Å²) >= 11 is 5.97. The monoisotopic (exact) mass is 302 g/mol. The van der Waals surface area contributed by atoms with Crippen LogP contribution in [0.25, 0.3) is 0 Å². The number of pyridine rings is 1. The predicted octanol–water partition coefficient (Wildman–Crippen LogP) is 2.79. The first-order chi connectivity index (χ1) is 8.73. The highest BCUT2D eigenvalue weighted by atomic mass is 35.5. The molecule has 4 nitrogen and oxygen atoms in total. The molecule has 0 aromatic carbocycles. The summed E-state index contributed by atoms with van der Waals surface area (Å²) in [7, 11) is -3.52. The molecule has 0 aliphatic carbocycles. The second-order valence-electron chi connectivity index (χ2n) is 6.02. The van der Waals surface area contributed by atoms with Crippen molar-refractivity contribution in [2.75, 3.05) is 13.1 Å². The topological polar surface area (TPSA) is 50.3 Å². The highest BCUT2D eigenvalue weighted by Crippen LogP contribution is 2.36. The molecule has 1 aromatic rings. The zero-order valence-electron chi connectivity index (χ0n) is 11.4. The van der Waals surface area contributed by atoms with Gasteiger partial charge in [-0.2, -0.15) is 4.31 Å². The van der Waals surface area contributed by atoms with E-state index in [2.05, 4.69) is 25.8 Å². The summed E-state index contributed by atoms with van der Waals surface area (Å²) in [6, 6.07) is 1.51. The average molecular weight is 303 g/mol. The van der Waals surface area contributed by atoms with Crippen LogP contribution in [-0.2, 0) is 10.0 Å². The fourth-order valence-electron chi connectivity index (χ4n) is 2.35. The molecule has 2 heterocycles. The maximum atomic E-state index is 12.5. The van der Waals surface area contributed by atoms with Crippen LogP contribution in [0.2, 0.25) is 5.02 Å². The minimum Gasteiger partial charge on any atom is -0.263 e. The van der Waals surface area contributed by atoms with Crippen LogP contribution in [0, 0.1) is 11.3 Å². The van der Waals surface area contributed by atoms with Crippen molar-refractivity contribution in [2.45, 2.75) is 32.1 Å². The number of hydrogen-bond donors (Lipinski definition) is 0. The normalized spacial score (nSPS) is 21.8. The van der Waals surface area contributed by atoms with Gasteiger partial charge in [-0.15, -0.1) is 0 Å². The Morgan fingerprint density at radius 1 is 1.42 bits per heavy atom. The number of rotatable bonds is 2. The van der Waals surface area contributed by atoms with Gasteiger partial charge >= 0.3 is 0 Å².